The lowest BCUT2D eigenvalue weighted by Gasteiger charge is -2.15. The molecule has 0 aliphatic carbocycles. The fourth-order valence-corrected chi connectivity index (χ4v) is 3.88. The van der Waals surface area contributed by atoms with Crippen LogP contribution in [0.1, 0.15) is 24.0 Å². The Morgan fingerprint density at radius 3 is 2.67 bits per heavy atom. The number of sulfonamides is 1. The summed E-state index contributed by atoms with van der Waals surface area (Å²) in [5.74, 6) is 0. The minimum Gasteiger partial charge on any atom is -0.389 e. The van der Waals surface area contributed by atoms with Crippen molar-refractivity contribution in [2.45, 2.75) is 24.7 Å². The average molecular weight is 327 g/mol. The monoisotopic (exact) mass is 327 g/mol. The summed E-state index contributed by atoms with van der Waals surface area (Å²) >= 11 is 4.90. The molecule has 1 aromatic rings. The van der Waals surface area contributed by atoms with E-state index in [9.17, 15) is 8.42 Å². The van der Waals surface area contributed by atoms with Crippen LogP contribution in [0.3, 0.4) is 0 Å². The van der Waals surface area contributed by atoms with E-state index in [0.29, 0.717) is 17.7 Å². The Balaban J connectivity index is 2.07. The lowest BCUT2D eigenvalue weighted by atomic mass is 10.1. The second kappa shape index (κ2) is 6.83. The fourth-order valence-electron chi connectivity index (χ4n) is 2.46. The smallest absolute Gasteiger partial charge is 0.240 e. The number of benzene rings is 1. The summed E-state index contributed by atoms with van der Waals surface area (Å²) in [6.45, 7) is 5.03. The highest BCUT2D eigenvalue weighted by Crippen LogP contribution is 2.17. The first-order valence-corrected chi connectivity index (χ1v) is 8.92. The Bertz CT molecular complexity index is 623. The van der Waals surface area contributed by atoms with Gasteiger partial charge in [-0.15, -0.1) is 0 Å². The minimum atomic E-state index is -3.53. The number of hydrogen-bond acceptors (Lipinski definition) is 4. The number of nitrogens with one attached hydrogen (secondary N) is 1. The molecule has 1 saturated heterocycles. The van der Waals surface area contributed by atoms with Crippen molar-refractivity contribution in [2.24, 2.45) is 5.73 Å². The van der Waals surface area contributed by atoms with E-state index < -0.39 is 10.0 Å². The lowest BCUT2D eigenvalue weighted by molar-refractivity contribution is 0.344. The van der Waals surface area contributed by atoms with Gasteiger partial charge in [0.2, 0.25) is 10.0 Å². The third kappa shape index (κ3) is 4.23. The van der Waals surface area contributed by atoms with Crippen LogP contribution in [0.25, 0.3) is 0 Å². The molecule has 0 aromatic heterocycles. The number of aryl methyl sites for hydroxylation is 1. The molecule has 1 fully saturated rings. The number of rotatable bonds is 6. The molecule has 21 heavy (non-hydrogen) atoms. The molecule has 1 aromatic carbocycles. The van der Waals surface area contributed by atoms with Gasteiger partial charge in [-0.05, 0) is 44.5 Å². The summed E-state index contributed by atoms with van der Waals surface area (Å²) in [4.78, 5) is 2.71. The van der Waals surface area contributed by atoms with E-state index in [1.165, 1.54) is 18.9 Å². The Morgan fingerprint density at radius 1 is 1.38 bits per heavy atom. The van der Waals surface area contributed by atoms with Crippen LogP contribution in [0.5, 0.6) is 0 Å². The number of hydrogen-bond donors (Lipinski definition) is 2. The molecule has 2 rings (SSSR count). The van der Waals surface area contributed by atoms with E-state index in [0.717, 1.165) is 19.6 Å². The van der Waals surface area contributed by atoms with Crippen LogP contribution in [0.2, 0.25) is 0 Å². The van der Waals surface area contributed by atoms with Crippen LogP contribution in [0, 0.1) is 6.92 Å². The molecule has 7 heteroatoms. The van der Waals surface area contributed by atoms with E-state index in [1.807, 2.05) is 0 Å². The zero-order chi connectivity index (χ0) is 15.5. The molecule has 116 valence electrons. The molecule has 1 aliphatic rings. The molecular weight excluding hydrogens is 306 g/mol. The van der Waals surface area contributed by atoms with Crippen LogP contribution in [0.4, 0.5) is 0 Å². The molecule has 0 spiro atoms. The zero-order valence-corrected chi connectivity index (χ0v) is 13.8. The van der Waals surface area contributed by atoms with E-state index in [2.05, 4.69) is 9.62 Å². The van der Waals surface area contributed by atoms with E-state index in [1.54, 1.807) is 19.1 Å². The molecule has 0 saturated carbocycles. The zero-order valence-electron chi connectivity index (χ0n) is 12.1. The lowest BCUT2D eigenvalue weighted by Crippen LogP contribution is -2.33. The van der Waals surface area contributed by atoms with E-state index in [4.69, 9.17) is 18.0 Å². The van der Waals surface area contributed by atoms with Crippen molar-refractivity contribution in [1.29, 1.82) is 0 Å². The summed E-state index contributed by atoms with van der Waals surface area (Å²) in [6.07, 6.45) is 2.39. The Labute approximate surface area is 131 Å². The topological polar surface area (TPSA) is 75.4 Å². The van der Waals surface area contributed by atoms with Gasteiger partial charge in [0.25, 0.3) is 0 Å². The van der Waals surface area contributed by atoms with Crippen LogP contribution < -0.4 is 10.5 Å². The first-order valence-electron chi connectivity index (χ1n) is 7.02. The van der Waals surface area contributed by atoms with Gasteiger partial charge in [0.1, 0.15) is 4.99 Å². The van der Waals surface area contributed by atoms with Crippen molar-refractivity contribution in [1.82, 2.24) is 9.62 Å². The van der Waals surface area contributed by atoms with Crippen LogP contribution in [-0.2, 0) is 10.0 Å². The first kappa shape index (κ1) is 16.4. The van der Waals surface area contributed by atoms with Crippen LogP contribution >= 0.6 is 12.2 Å². The summed E-state index contributed by atoms with van der Waals surface area (Å²) in [6, 6.07) is 5.00. The number of nitrogens with zero attached hydrogens (tertiary/aromatic N) is 1. The molecule has 1 aliphatic heterocycles. The van der Waals surface area contributed by atoms with E-state index >= 15 is 0 Å². The van der Waals surface area contributed by atoms with Crippen molar-refractivity contribution >= 4 is 27.2 Å². The first-order chi connectivity index (χ1) is 9.90. The van der Waals surface area contributed by atoms with Gasteiger partial charge in [0, 0.05) is 18.7 Å². The maximum Gasteiger partial charge on any atom is 0.240 e. The van der Waals surface area contributed by atoms with Gasteiger partial charge in [0.15, 0.2) is 0 Å². The van der Waals surface area contributed by atoms with Gasteiger partial charge < -0.3 is 10.6 Å². The highest BCUT2D eigenvalue weighted by molar-refractivity contribution is 7.89. The summed E-state index contributed by atoms with van der Waals surface area (Å²) < 4.78 is 27.4. The van der Waals surface area contributed by atoms with Gasteiger partial charge >= 0.3 is 0 Å². The average Bonchev–Trinajstić information content (AvgIpc) is 2.91. The molecule has 5 nitrogen and oxygen atoms in total. The normalized spacial score (nSPS) is 16.2. The minimum absolute atomic E-state index is 0.198. The van der Waals surface area contributed by atoms with Gasteiger partial charge in [-0.1, -0.05) is 24.4 Å². The molecule has 0 atom stereocenters. The van der Waals surface area contributed by atoms with Crippen molar-refractivity contribution in [3.63, 3.8) is 0 Å². The highest BCUT2D eigenvalue weighted by Gasteiger charge is 2.18. The standard InChI is InChI=1S/C14H21N3O2S2/c1-11-4-5-12(14(15)20)10-13(11)21(18,19)16-6-9-17-7-2-3-8-17/h4-5,10,16H,2-3,6-9H2,1H3,(H2,15,20). The Morgan fingerprint density at radius 2 is 2.05 bits per heavy atom. The maximum atomic E-state index is 12.4. The predicted octanol–water partition coefficient (Wildman–Crippen LogP) is 1.00. The van der Waals surface area contributed by atoms with Crippen molar-refractivity contribution in [3.8, 4) is 0 Å². The molecule has 0 unspecified atom stereocenters. The predicted molar refractivity (Wildman–Crippen MR) is 87.9 cm³/mol. The van der Waals surface area contributed by atoms with Crippen LogP contribution in [-0.4, -0.2) is 44.5 Å². The molecular formula is C14H21N3O2S2. The third-order valence-corrected chi connectivity index (χ3v) is 5.52. The second-order valence-corrected chi connectivity index (χ2v) is 7.47. The Hall–Kier alpha value is -1.02. The summed E-state index contributed by atoms with van der Waals surface area (Å²) in [7, 11) is -3.53. The summed E-state index contributed by atoms with van der Waals surface area (Å²) in [5.41, 5.74) is 6.82. The maximum absolute atomic E-state index is 12.4. The Kier molecular flexibility index (Phi) is 5.32. The van der Waals surface area contributed by atoms with Gasteiger partial charge in [-0.3, -0.25) is 0 Å². The number of thiocarbonyl (C=S) groups is 1. The second-order valence-electron chi connectivity index (χ2n) is 5.29. The third-order valence-electron chi connectivity index (χ3n) is 3.68. The number of nitrogens with two attached hydrogens (primary N) is 1. The van der Waals surface area contributed by atoms with Gasteiger partial charge in [-0.2, -0.15) is 0 Å². The van der Waals surface area contributed by atoms with E-state index in [-0.39, 0.29) is 9.88 Å². The van der Waals surface area contributed by atoms with Gasteiger partial charge in [-0.25, -0.2) is 13.1 Å². The van der Waals surface area contributed by atoms with Crippen LogP contribution in [0.15, 0.2) is 23.1 Å². The molecule has 0 radical (unpaired) electrons. The fraction of sp³-hybridized carbons (Fsp3) is 0.500. The van der Waals surface area contributed by atoms with Crippen molar-refractivity contribution in [2.75, 3.05) is 26.2 Å². The summed E-state index contributed by atoms with van der Waals surface area (Å²) in [5, 5.41) is 0. The van der Waals surface area contributed by atoms with Crippen molar-refractivity contribution < 1.29 is 8.42 Å². The molecule has 0 amide bonds. The molecule has 1 heterocycles. The van der Waals surface area contributed by atoms with Crippen molar-refractivity contribution in [3.05, 3.63) is 29.3 Å². The molecule has 0 bridgehead atoms. The number of likely N-dealkylation sites (tertiary alicyclic amines) is 1. The van der Waals surface area contributed by atoms with Gasteiger partial charge in [0.05, 0.1) is 4.90 Å². The quantitative estimate of drug-likeness (QED) is 0.763. The largest absolute Gasteiger partial charge is 0.389 e. The molecule has 3 N–H and O–H groups in total. The SMILES string of the molecule is Cc1ccc(C(N)=S)cc1S(=O)(=O)NCCN1CCCC1. The highest BCUT2D eigenvalue weighted by atomic mass is 32.2.